The van der Waals surface area contributed by atoms with Gasteiger partial charge in [-0.1, -0.05) is 30.3 Å². The van der Waals surface area contributed by atoms with E-state index in [2.05, 4.69) is 27.6 Å². The zero-order chi connectivity index (χ0) is 14.2. The van der Waals surface area contributed by atoms with Gasteiger partial charge in [-0.25, -0.2) is 0 Å². The summed E-state index contributed by atoms with van der Waals surface area (Å²) in [5.74, 6) is 0. The van der Waals surface area contributed by atoms with Gasteiger partial charge in [0.1, 0.15) is 0 Å². The summed E-state index contributed by atoms with van der Waals surface area (Å²) in [6.07, 6.45) is 2.10. The fourth-order valence-corrected chi connectivity index (χ4v) is 2.07. The molecule has 0 amide bonds. The van der Waals surface area contributed by atoms with E-state index in [0.29, 0.717) is 13.0 Å². The van der Waals surface area contributed by atoms with Gasteiger partial charge in [0.05, 0.1) is 24.6 Å². The Morgan fingerprint density at radius 1 is 1.35 bits per heavy atom. The Bertz CT molecular complexity index is 499. The van der Waals surface area contributed by atoms with Crippen molar-refractivity contribution in [1.29, 1.82) is 0 Å². The predicted molar refractivity (Wildman–Crippen MR) is 78.2 cm³/mol. The van der Waals surface area contributed by atoms with Gasteiger partial charge in [-0.3, -0.25) is 5.10 Å². The number of rotatable bonds is 8. The highest BCUT2D eigenvalue weighted by atomic mass is 16.5. The van der Waals surface area contributed by atoms with Crippen LogP contribution < -0.4 is 5.32 Å². The molecule has 0 aliphatic carbocycles. The van der Waals surface area contributed by atoms with Crippen LogP contribution in [0.3, 0.4) is 0 Å². The molecule has 3 N–H and O–H groups in total. The standard InChI is InChI=1S/C15H21N3O2/c1-20-11-14(19)7-8-16-9-13-10-17-18-15(13)12-5-3-2-4-6-12/h2-6,10,14,16,19H,7-9,11H2,1H3,(H,17,18). The average Bonchev–Trinajstić information content (AvgIpc) is 2.93. The maximum atomic E-state index is 9.56. The molecule has 1 aromatic heterocycles. The molecule has 0 saturated carbocycles. The van der Waals surface area contributed by atoms with Crippen molar-refractivity contribution in [2.45, 2.75) is 19.1 Å². The van der Waals surface area contributed by atoms with E-state index in [1.165, 1.54) is 0 Å². The molecule has 5 heteroatoms. The molecule has 1 aromatic carbocycles. The van der Waals surface area contributed by atoms with Crippen molar-refractivity contribution in [2.24, 2.45) is 0 Å². The van der Waals surface area contributed by atoms with Crippen LogP contribution >= 0.6 is 0 Å². The Morgan fingerprint density at radius 2 is 2.15 bits per heavy atom. The Kier molecular flexibility index (Phi) is 5.73. The summed E-state index contributed by atoms with van der Waals surface area (Å²) < 4.78 is 4.89. The van der Waals surface area contributed by atoms with Gasteiger partial charge in [0.15, 0.2) is 0 Å². The van der Waals surface area contributed by atoms with Crippen LogP contribution in [0.5, 0.6) is 0 Å². The number of H-pyrrole nitrogens is 1. The number of aliphatic hydroxyl groups excluding tert-OH is 1. The molecule has 0 aliphatic heterocycles. The van der Waals surface area contributed by atoms with Gasteiger partial charge in [-0.2, -0.15) is 5.10 Å². The van der Waals surface area contributed by atoms with Crippen molar-refractivity contribution in [2.75, 3.05) is 20.3 Å². The Labute approximate surface area is 119 Å². The zero-order valence-electron chi connectivity index (χ0n) is 11.7. The number of aliphatic hydroxyl groups is 1. The van der Waals surface area contributed by atoms with Gasteiger partial charge in [0.25, 0.3) is 0 Å². The fraction of sp³-hybridized carbons (Fsp3) is 0.400. The molecule has 0 spiro atoms. The lowest BCUT2D eigenvalue weighted by atomic mass is 10.1. The van der Waals surface area contributed by atoms with Crippen molar-refractivity contribution in [3.63, 3.8) is 0 Å². The number of methoxy groups -OCH3 is 1. The normalized spacial score (nSPS) is 12.5. The predicted octanol–water partition coefficient (Wildman–Crippen LogP) is 1.56. The molecule has 108 valence electrons. The van der Waals surface area contributed by atoms with E-state index >= 15 is 0 Å². The number of nitrogens with zero attached hydrogens (tertiary/aromatic N) is 1. The first-order valence-corrected chi connectivity index (χ1v) is 6.76. The third-order valence-corrected chi connectivity index (χ3v) is 3.11. The Balaban J connectivity index is 1.84. The van der Waals surface area contributed by atoms with Gasteiger partial charge in [0.2, 0.25) is 0 Å². The molecule has 20 heavy (non-hydrogen) atoms. The molecule has 0 saturated heterocycles. The molecule has 2 rings (SSSR count). The second kappa shape index (κ2) is 7.79. The molecular weight excluding hydrogens is 254 g/mol. The van der Waals surface area contributed by atoms with Crippen LogP contribution in [0.15, 0.2) is 36.5 Å². The molecule has 0 aliphatic rings. The molecular formula is C15H21N3O2. The Morgan fingerprint density at radius 3 is 2.90 bits per heavy atom. The van der Waals surface area contributed by atoms with Crippen molar-refractivity contribution in [3.05, 3.63) is 42.1 Å². The maximum absolute atomic E-state index is 9.56. The minimum absolute atomic E-state index is 0.378. The average molecular weight is 275 g/mol. The second-order valence-electron chi connectivity index (χ2n) is 4.71. The number of aromatic nitrogens is 2. The van der Waals surface area contributed by atoms with Gasteiger partial charge < -0.3 is 15.2 Å². The number of hydrogen-bond acceptors (Lipinski definition) is 4. The minimum atomic E-state index is -0.412. The SMILES string of the molecule is COCC(O)CCNCc1cn[nH]c1-c1ccccc1. The van der Waals surface area contributed by atoms with Crippen molar-refractivity contribution in [3.8, 4) is 11.3 Å². The van der Waals surface area contributed by atoms with Crippen LogP contribution in [0.2, 0.25) is 0 Å². The van der Waals surface area contributed by atoms with Gasteiger partial charge >= 0.3 is 0 Å². The quantitative estimate of drug-likeness (QED) is 0.640. The third kappa shape index (κ3) is 4.16. The van der Waals surface area contributed by atoms with E-state index in [1.54, 1.807) is 7.11 Å². The molecule has 0 bridgehead atoms. The summed E-state index contributed by atoms with van der Waals surface area (Å²) in [6.45, 7) is 1.84. The lowest BCUT2D eigenvalue weighted by molar-refractivity contribution is 0.0594. The van der Waals surface area contributed by atoms with Crippen LogP contribution in [0.4, 0.5) is 0 Å². The summed E-state index contributed by atoms with van der Waals surface area (Å²) in [5.41, 5.74) is 3.29. The van der Waals surface area contributed by atoms with Gasteiger partial charge in [-0.15, -0.1) is 0 Å². The zero-order valence-corrected chi connectivity index (χ0v) is 11.7. The highest BCUT2D eigenvalue weighted by Gasteiger charge is 2.07. The number of benzene rings is 1. The van der Waals surface area contributed by atoms with Crippen LogP contribution in [0.25, 0.3) is 11.3 Å². The second-order valence-corrected chi connectivity index (χ2v) is 4.71. The maximum Gasteiger partial charge on any atom is 0.0785 e. The number of hydrogen-bond donors (Lipinski definition) is 3. The molecule has 0 radical (unpaired) electrons. The van der Waals surface area contributed by atoms with E-state index in [-0.39, 0.29) is 0 Å². The lowest BCUT2D eigenvalue weighted by Gasteiger charge is -2.10. The van der Waals surface area contributed by atoms with E-state index in [4.69, 9.17) is 4.74 Å². The van der Waals surface area contributed by atoms with E-state index in [0.717, 1.165) is 29.9 Å². The molecule has 2 aromatic rings. The van der Waals surface area contributed by atoms with Crippen LogP contribution in [0.1, 0.15) is 12.0 Å². The molecule has 1 heterocycles. The summed E-state index contributed by atoms with van der Waals surface area (Å²) in [7, 11) is 1.59. The lowest BCUT2D eigenvalue weighted by Crippen LogP contribution is -2.23. The highest BCUT2D eigenvalue weighted by Crippen LogP contribution is 2.20. The summed E-state index contributed by atoms with van der Waals surface area (Å²) in [4.78, 5) is 0. The monoisotopic (exact) mass is 275 g/mol. The molecule has 1 unspecified atom stereocenters. The van der Waals surface area contributed by atoms with Crippen LogP contribution in [0, 0.1) is 0 Å². The third-order valence-electron chi connectivity index (χ3n) is 3.11. The van der Waals surface area contributed by atoms with Crippen LogP contribution in [-0.4, -0.2) is 41.7 Å². The van der Waals surface area contributed by atoms with Gasteiger partial charge in [0, 0.05) is 19.2 Å². The summed E-state index contributed by atoms with van der Waals surface area (Å²) in [5, 5.41) is 20.0. The fourth-order valence-electron chi connectivity index (χ4n) is 2.07. The highest BCUT2D eigenvalue weighted by molar-refractivity contribution is 5.62. The first-order chi connectivity index (χ1) is 9.81. The van der Waals surface area contributed by atoms with Crippen LogP contribution in [-0.2, 0) is 11.3 Å². The summed E-state index contributed by atoms with van der Waals surface area (Å²) in [6, 6.07) is 10.1. The molecule has 5 nitrogen and oxygen atoms in total. The molecule has 1 atom stereocenters. The van der Waals surface area contributed by atoms with E-state index in [9.17, 15) is 5.11 Å². The first kappa shape index (κ1) is 14.7. The van der Waals surface area contributed by atoms with E-state index in [1.807, 2.05) is 24.4 Å². The minimum Gasteiger partial charge on any atom is -0.391 e. The number of aromatic amines is 1. The largest absolute Gasteiger partial charge is 0.391 e. The Hall–Kier alpha value is -1.69. The number of ether oxygens (including phenoxy) is 1. The van der Waals surface area contributed by atoms with E-state index < -0.39 is 6.10 Å². The summed E-state index contributed by atoms with van der Waals surface area (Å²) >= 11 is 0. The number of nitrogens with one attached hydrogen (secondary N) is 2. The first-order valence-electron chi connectivity index (χ1n) is 6.76. The van der Waals surface area contributed by atoms with Crippen molar-refractivity contribution >= 4 is 0 Å². The van der Waals surface area contributed by atoms with Crippen molar-refractivity contribution < 1.29 is 9.84 Å². The van der Waals surface area contributed by atoms with Gasteiger partial charge in [-0.05, 0) is 18.5 Å². The topological polar surface area (TPSA) is 70.2 Å². The smallest absolute Gasteiger partial charge is 0.0785 e. The van der Waals surface area contributed by atoms with Crippen molar-refractivity contribution in [1.82, 2.24) is 15.5 Å². The molecule has 0 fully saturated rings.